The van der Waals surface area contributed by atoms with Crippen LogP contribution in [-0.4, -0.2) is 15.0 Å². The van der Waals surface area contributed by atoms with E-state index in [1.165, 1.54) is 0 Å². The normalized spacial score (nSPS) is 10.2. The molecular formula is C9H10N4. The van der Waals surface area contributed by atoms with Gasteiger partial charge in [0.1, 0.15) is 0 Å². The molecule has 1 aromatic carbocycles. The molecule has 0 unspecified atom stereocenters. The summed E-state index contributed by atoms with van der Waals surface area (Å²) in [5, 5.41) is 7.61. The van der Waals surface area contributed by atoms with E-state index in [1.54, 1.807) is 17.1 Å². The lowest BCUT2D eigenvalue weighted by molar-refractivity contribution is 0.802. The number of rotatable bonds is 2. The first-order chi connectivity index (χ1) is 6.40. The van der Waals surface area contributed by atoms with E-state index in [2.05, 4.69) is 10.3 Å². The summed E-state index contributed by atoms with van der Waals surface area (Å²) in [6, 6.07) is 7.90. The molecule has 0 radical (unpaired) electrons. The first kappa shape index (κ1) is 7.94. The zero-order valence-corrected chi connectivity index (χ0v) is 7.09. The van der Waals surface area contributed by atoms with Crippen molar-refractivity contribution in [2.24, 2.45) is 5.73 Å². The molecule has 2 rings (SSSR count). The average Bonchev–Trinajstić information content (AvgIpc) is 2.71. The Morgan fingerprint density at radius 3 is 2.54 bits per heavy atom. The van der Waals surface area contributed by atoms with Crippen LogP contribution in [0.4, 0.5) is 0 Å². The van der Waals surface area contributed by atoms with Crippen LogP contribution in [0.25, 0.3) is 5.69 Å². The fraction of sp³-hybridized carbons (Fsp3) is 0.111. The Morgan fingerprint density at radius 2 is 2.00 bits per heavy atom. The van der Waals surface area contributed by atoms with E-state index in [9.17, 15) is 0 Å². The SMILES string of the molecule is NCc1ccc(-n2ccnn2)cc1. The molecule has 0 saturated heterocycles. The average molecular weight is 174 g/mol. The Bertz CT molecular complexity index is 363. The highest BCUT2D eigenvalue weighted by Gasteiger charge is 1.95. The van der Waals surface area contributed by atoms with Crippen molar-refractivity contribution in [2.75, 3.05) is 0 Å². The smallest absolute Gasteiger partial charge is 0.0697 e. The van der Waals surface area contributed by atoms with E-state index in [4.69, 9.17) is 5.73 Å². The summed E-state index contributed by atoms with van der Waals surface area (Å²) in [6.45, 7) is 0.567. The van der Waals surface area contributed by atoms with Gasteiger partial charge >= 0.3 is 0 Å². The summed E-state index contributed by atoms with van der Waals surface area (Å²) in [4.78, 5) is 0. The maximum Gasteiger partial charge on any atom is 0.0697 e. The number of hydrogen-bond acceptors (Lipinski definition) is 3. The van der Waals surface area contributed by atoms with Gasteiger partial charge in [0.25, 0.3) is 0 Å². The molecule has 13 heavy (non-hydrogen) atoms. The van der Waals surface area contributed by atoms with Crippen LogP contribution >= 0.6 is 0 Å². The van der Waals surface area contributed by atoms with E-state index < -0.39 is 0 Å². The second-order valence-corrected chi connectivity index (χ2v) is 2.72. The van der Waals surface area contributed by atoms with Crippen LogP contribution in [0.1, 0.15) is 5.56 Å². The van der Waals surface area contributed by atoms with Crippen molar-refractivity contribution in [3.05, 3.63) is 42.2 Å². The molecule has 0 aliphatic rings. The Morgan fingerprint density at radius 1 is 1.23 bits per heavy atom. The molecule has 2 aromatic rings. The topological polar surface area (TPSA) is 56.7 Å². The van der Waals surface area contributed by atoms with Crippen LogP contribution in [0.3, 0.4) is 0 Å². The number of nitrogens with two attached hydrogens (primary N) is 1. The Balaban J connectivity index is 2.33. The third-order valence-corrected chi connectivity index (χ3v) is 1.86. The van der Waals surface area contributed by atoms with Gasteiger partial charge in [-0.05, 0) is 17.7 Å². The van der Waals surface area contributed by atoms with Crippen LogP contribution in [-0.2, 0) is 6.54 Å². The lowest BCUT2D eigenvalue weighted by Gasteiger charge is -2.00. The van der Waals surface area contributed by atoms with Gasteiger partial charge in [-0.2, -0.15) is 0 Å². The van der Waals surface area contributed by atoms with Crippen molar-refractivity contribution < 1.29 is 0 Å². The molecule has 0 bridgehead atoms. The van der Waals surface area contributed by atoms with E-state index in [0.717, 1.165) is 11.3 Å². The molecule has 66 valence electrons. The van der Waals surface area contributed by atoms with Gasteiger partial charge in [-0.15, -0.1) is 5.10 Å². The van der Waals surface area contributed by atoms with Crippen LogP contribution < -0.4 is 5.73 Å². The van der Waals surface area contributed by atoms with Gasteiger partial charge in [-0.1, -0.05) is 17.3 Å². The molecule has 1 aromatic heterocycles. The van der Waals surface area contributed by atoms with Crippen LogP contribution in [0.2, 0.25) is 0 Å². The maximum absolute atomic E-state index is 5.48. The number of hydrogen-bond donors (Lipinski definition) is 1. The molecular weight excluding hydrogens is 164 g/mol. The summed E-state index contributed by atoms with van der Waals surface area (Å²) in [5.74, 6) is 0. The first-order valence-corrected chi connectivity index (χ1v) is 4.06. The molecule has 0 aliphatic carbocycles. The van der Waals surface area contributed by atoms with Crippen molar-refractivity contribution in [3.63, 3.8) is 0 Å². The van der Waals surface area contributed by atoms with Gasteiger partial charge < -0.3 is 5.73 Å². The maximum atomic E-state index is 5.48. The highest BCUT2D eigenvalue weighted by molar-refractivity contribution is 5.33. The summed E-state index contributed by atoms with van der Waals surface area (Å²) in [5.41, 5.74) is 7.59. The minimum absolute atomic E-state index is 0.567. The zero-order valence-electron chi connectivity index (χ0n) is 7.09. The molecule has 0 aliphatic heterocycles. The summed E-state index contributed by atoms with van der Waals surface area (Å²) < 4.78 is 1.71. The Kier molecular flexibility index (Phi) is 2.06. The van der Waals surface area contributed by atoms with Crippen molar-refractivity contribution >= 4 is 0 Å². The first-order valence-electron chi connectivity index (χ1n) is 4.06. The largest absolute Gasteiger partial charge is 0.326 e. The third-order valence-electron chi connectivity index (χ3n) is 1.86. The van der Waals surface area contributed by atoms with Gasteiger partial charge in [-0.25, -0.2) is 4.68 Å². The molecule has 2 N–H and O–H groups in total. The Labute approximate surface area is 76.0 Å². The lowest BCUT2D eigenvalue weighted by Crippen LogP contribution is -1.98. The van der Waals surface area contributed by atoms with Crippen LogP contribution in [0, 0.1) is 0 Å². The second-order valence-electron chi connectivity index (χ2n) is 2.72. The van der Waals surface area contributed by atoms with Crippen molar-refractivity contribution in [2.45, 2.75) is 6.54 Å². The fourth-order valence-electron chi connectivity index (χ4n) is 1.13. The fourth-order valence-corrected chi connectivity index (χ4v) is 1.13. The predicted molar refractivity (Wildman–Crippen MR) is 49.3 cm³/mol. The highest BCUT2D eigenvalue weighted by Crippen LogP contribution is 2.06. The lowest BCUT2D eigenvalue weighted by atomic mass is 10.2. The zero-order chi connectivity index (χ0) is 9.10. The van der Waals surface area contributed by atoms with E-state index in [0.29, 0.717) is 6.54 Å². The molecule has 4 heteroatoms. The summed E-state index contributed by atoms with van der Waals surface area (Å²) in [7, 11) is 0. The second kappa shape index (κ2) is 3.37. The van der Waals surface area contributed by atoms with Crippen LogP contribution in [0.15, 0.2) is 36.7 Å². The van der Waals surface area contributed by atoms with E-state index in [-0.39, 0.29) is 0 Å². The molecule has 0 atom stereocenters. The van der Waals surface area contributed by atoms with Crippen molar-refractivity contribution in [1.82, 2.24) is 15.0 Å². The Hall–Kier alpha value is -1.68. The summed E-state index contributed by atoms with van der Waals surface area (Å²) >= 11 is 0. The molecule has 1 heterocycles. The number of nitrogens with zero attached hydrogens (tertiary/aromatic N) is 3. The van der Waals surface area contributed by atoms with Crippen molar-refractivity contribution in [1.29, 1.82) is 0 Å². The molecule has 0 spiro atoms. The molecule has 0 amide bonds. The van der Waals surface area contributed by atoms with Gasteiger partial charge in [-0.3, -0.25) is 0 Å². The minimum Gasteiger partial charge on any atom is -0.326 e. The molecule has 0 saturated carbocycles. The standard InChI is InChI=1S/C9H10N4/c10-7-8-1-3-9(4-2-8)13-6-5-11-12-13/h1-6H,7,10H2. The number of aromatic nitrogens is 3. The molecule has 0 fully saturated rings. The van der Waals surface area contributed by atoms with Crippen molar-refractivity contribution in [3.8, 4) is 5.69 Å². The quantitative estimate of drug-likeness (QED) is 0.730. The van der Waals surface area contributed by atoms with Gasteiger partial charge in [0.15, 0.2) is 0 Å². The van der Waals surface area contributed by atoms with E-state index >= 15 is 0 Å². The van der Waals surface area contributed by atoms with E-state index in [1.807, 2.05) is 24.3 Å². The van der Waals surface area contributed by atoms with Crippen LogP contribution in [0.5, 0.6) is 0 Å². The van der Waals surface area contributed by atoms with Gasteiger partial charge in [0.05, 0.1) is 18.1 Å². The molecule has 4 nitrogen and oxygen atoms in total. The highest BCUT2D eigenvalue weighted by atomic mass is 15.4. The minimum atomic E-state index is 0.567. The monoisotopic (exact) mass is 174 g/mol. The van der Waals surface area contributed by atoms with Gasteiger partial charge in [0, 0.05) is 6.54 Å². The van der Waals surface area contributed by atoms with Gasteiger partial charge in [0.2, 0.25) is 0 Å². The number of benzene rings is 1. The predicted octanol–water partition coefficient (Wildman–Crippen LogP) is 0.726. The third kappa shape index (κ3) is 1.57. The summed E-state index contributed by atoms with van der Waals surface area (Å²) in [6.07, 6.45) is 3.45.